The second-order valence-corrected chi connectivity index (χ2v) is 5.53. The quantitative estimate of drug-likeness (QED) is 0.796. The minimum Gasteiger partial charge on any atom is -0.454 e. The Morgan fingerprint density at radius 3 is 2.52 bits per heavy atom. The van der Waals surface area contributed by atoms with Gasteiger partial charge in [-0.05, 0) is 29.8 Å². The zero-order valence-corrected chi connectivity index (χ0v) is 12.3. The molecule has 0 bridgehead atoms. The summed E-state index contributed by atoms with van der Waals surface area (Å²) in [5, 5.41) is 0. The van der Waals surface area contributed by atoms with Gasteiger partial charge in [0, 0.05) is 25.0 Å². The molecule has 0 saturated carbocycles. The lowest BCUT2D eigenvalue weighted by Crippen LogP contribution is -2.43. The summed E-state index contributed by atoms with van der Waals surface area (Å²) in [6, 6.07) is 10.7. The van der Waals surface area contributed by atoms with Crippen molar-refractivity contribution in [1.29, 1.82) is 0 Å². The molecule has 116 valence electrons. The highest BCUT2D eigenvalue weighted by molar-refractivity contribution is 6.16. The van der Waals surface area contributed by atoms with Crippen LogP contribution in [0.15, 0.2) is 42.6 Å². The smallest absolute Gasteiger partial charge is 0.235 e. The number of hydrogen-bond donors (Lipinski definition) is 0. The van der Waals surface area contributed by atoms with Crippen molar-refractivity contribution in [3.05, 3.63) is 48.2 Å². The van der Waals surface area contributed by atoms with Crippen molar-refractivity contribution in [2.45, 2.75) is 18.8 Å². The third-order valence-electron chi connectivity index (χ3n) is 4.09. The molecule has 2 aromatic rings. The summed E-state index contributed by atoms with van der Waals surface area (Å²) in [6.07, 6.45) is 2.10. The Morgan fingerprint density at radius 2 is 1.78 bits per heavy atom. The van der Waals surface area contributed by atoms with Gasteiger partial charge >= 0.3 is 0 Å². The molecule has 4 rings (SSSR count). The second kappa shape index (κ2) is 5.39. The van der Waals surface area contributed by atoms with E-state index in [1.54, 1.807) is 24.4 Å². The van der Waals surface area contributed by atoms with Crippen LogP contribution < -0.4 is 14.4 Å². The van der Waals surface area contributed by atoms with Crippen molar-refractivity contribution in [2.24, 2.45) is 0 Å². The number of imide groups is 1. The maximum absolute atomic E-state index is 12.4. The first kappa shape index (κ1) is 13.8. The van der Waals surface area contributed by atoms with E-state index in [1.807, 2.05) is 18.2 Å². The average molecular weight is 310 g/mol. The Kier molecular flexibility index (Phi) is 3.22. The number of carbonyl (C=O) groups is 2. The fourth-order valence-electron chi connectivity index (χ4n) is 2.96. The molecule has 0 aliphatic carbocycles. The predicted molar refractivity (Wildman–Crippen MR) is 81.3 cm³/mol. The Labute approximate surface area is 132 Å². The van der Waals surface area contributed by atoms with Gasteiger partial charge in [-0.2, -0.15) is 0 Å². The molecule has 2 amide bonds. The predicted octanol–water partition coefficient (Wildman–Crippen LogP) is 2.25. The molecular formula is C17H14N2O4. The number of nitrogens with zero attached hydrogens (tertiary/aromatic N) is 2. The maximum Gasteiger partial charge on any atom is 0.235 e. The molecule has 3 heterocycles. The van der Waals surface area contributed by atoms with Gasteiger partial charge in [-0.25, -0.2) is 9.88 Å². The van der Waals surface area contributed by atoms with E-state index in [0.717, 1.165) is 5.56 Å². The van der Waals surface area contributed by atoms with E-state index in [4.69, 9.17) is 9.47 Å². The first-order valence-electron chi connectivity index (χ1n) is 7.39. The number of piperidine rings is 1. The molecule has 2 aliphatic rings. The topological polar surface area (TPSA) is 68.7 Å². The SMILES string of the molecule is O=C1CC(c2ccc3c(c2)OCO3)CC(=O)N1c1ccccn1. The molecule has 23 heavy (non-hydrogen) atoms. The molecule has 0 N–H and O–H groups in total. The number of carbonyl (C=O) groups excluding carboxylic acids is 2. The lowest BCUT2D eigenvalue weighted by molar-refractivity contribution is -0.129. The summed E-state index contributed by atoms with van der Waals surface area (Å²) in [6.45, 7) is 0.203. The summed E-state index contributed by atoms with van der Waals surface area (Å²) >= 11 is 0. The molecule has 1 fully saturated rings. The fraction of sp³-hybridized carbons (Fsp3) is 0.235. The van der Waals surface area contributed by atoms with E-state index in [1.165, 1.54) is 4.90 Å². The summed E-state index contributed by atoms with van der Waals surface area (Å²) in [5.74, 6) is 1.12. The molecule has 1 aromatic heterocycles. The van der Waals surface area contributed by atoms with Crippen LogP contribution in [0.5, 0.6) is 11.5 Å². The van der Waals surface area contributed by atoms with Crippen LogP contribution in [0.25, 0.3) is 0 Å². The molecule has 0 atom stereocenters. The molecular weight excluding hydrogens is 296 g/mol. The number of fused-ring (bicyclic) bond motifs is 1. The first-order chi connectivity index (χ1) is 11.2. The van der Waals surface area contributed by atoms with Gasteiger partial charge in [0.15, 0.2) is 11.5 Å². The highest BCUT2D eigenvalue weighted by atomic mass is 16.7. The van der Waals surface area contributed by atoms with Gasteiger partial charge < -0.3 is 9.47 Å². The number of anilines is 1. The van der Waals surface area contributed by atoms with Crippen molar-refractivity contribution in [1.82, 2.24) is 4.98 Å². The normalized spacial score (nSPS) is 17.7. The number of hydrogen-bond acceptors (Lipinski definition) is 5. The van der Waals surface area contributed by atoms with Crippen molar-refractivity contribution < 1.29 is 19.1 Å². The van der Waals surface area contributed by atoms with Crippen LogP contribution in [0.4, 0.5) is 5.82 Å². The molecule has 0 spiro atoms. The molecule has 1 aromatic carbocycles. The van der Waals surface area contributed by atoms with Crippen LogP contribution in [-0.4, -0.2) is 23.6 Å². The summed E-state index contributed by atoms with van der Waals surface area (Å²) in [4.78, 5) is 30.1. The average Bonchev–Trinajstić information content (AvgIpc) is 3.02. The van der Waals surface area contributed by atoms with Crippen molar-refractivity contribution >= 4 is 17.6 Å². The number of aromatic nitrogens is 1. The third kappa shape index (κ3) is 2.42. The van der Waals surface area contributed by atoms with Crippen LogP contribution in [0.2, 0.25) is 0 Å². The van der Waals surface area contributed by atoms with Gasteiger partial charge in [0.05, 0.1) is 0 Å². The largest absolute Gasteiger partial charge is 0.454 e. The van der Waals surface area contributed by atoms with E-state index < -0.39 is 0 Å². The minimum absolute atomic E-state index is 0.149. The number of benzene rings is 1. The van der Waals surface area contributed by atoms with Crippen molar-refractivity contribution in [2.75, 3.05) is 11.7 Å². The van der Waals surface area contributed by atoms with Crippen LogP contribution in [0, 0.1) is 0 Å². The minimum atomic E-state index is -0.234. The van der Waals surface area contributed by atoms with Crippen LogP contribution >= 0.6 is 0 Å². The Morgan fingerprint density at radius 1 is 1.00 bits per heavy atom. The van der Waals surface area contributed by atoms with Gasteiger partial charge in [0.25, 0.3) is 0 Å². The first-order valence-corrected chi connectivity index (χ1v) is 7.39. The second-order valence-electron chi connectivity index (χ2n) is 5.53. The zero-order valence-electron chi connectivity index (χ0n) is 12.3. The summed E-state index contributed by atoms with van der Waals surface area (Å²) in [7, 11) is 0. The Hall–Kier alpha value is -2.89. The van der Waals surface area contributed by atoms with E-state index in [0.29, 0.717) is 17.3 Å². The van der Waals surface area contributed by atoms with Crippen molar-refractivity contribution in [3.63, 3.8) is 0 Å². The lowest BCUT2D eigenvalue weighted by atomic mass is 9.88. The number of pyridine rings is 1. The maximum atomic E-state index is 12.4. The molecule has 0 radical (unpaired) electrons. The van der Waals surface area contributed by atoms with Gasteiger partial charge in [-0.1, -0.05) is 12.1 Å². The lowest BCUT2D eigenvalue weighted by Gasteiger charge is -2.29. The van der Waals surface area contributed by atoms with Gasteiger partial charge in [-0.3, -0.25) is 9.59 Å². The number of amides is 2. The van der Waals surface area contributed by atoms with Crippen LogP contribution in [0.1, 0.15) is 24.3 Å². The molecule has 0 unspecified atom stereocenters. The highest BCUT2D eigenvalue weighted by Crippen LogP contribution is 2.38. The summed E-state index contributed by atoms with van der Waals surface area (Å²) < 4.78 is 10.6. The van der Waals surface area contributed by atoms with Gasteiger partial charge in [0.1, 0.15) is 5.82 Å². The van der Waals surface area contributed by atoms with Crippen LogP contribution in [-0.2, 0) is 9.59 Å². The molecule has 6 nitrogen and oxygen atoms in total. The highest BCUT2D eigenvalue weighted by Gasteiger charge is 2.35. The third-order valence-corrected chi connectivity index (χ3v) is 4.09. The molecule has 2 aliphatic heterocycles. The fourth-order valence-corrected chi connectivity index (χ4v) is 2.96. The van der Waals surface area contributed by atoms with E-state index in [2.05, 4.69) is 4.98 Å². The Balaban J connectivity index is 1.58. The van der Waals surface area contributed by atoms with Gasteiger partial charge in [0.2, 0.25) is 18.6 Å². The summed E-state index contributed by atoms with van der Waals surface area (Å²) in [5.41, 5.74) is 0.914. The zero-order chi connectivity index (χ0) is 15.8. The van der Waals surface area contributed by atoms with E-state index in [-0.39, 0.29) is 37.4 Å². The molecule has 6 heteroatoms. The Bertz CT molecular complexity index is 757. The van der Waals surface area contributed by atoms with Crippen LogP contribution in [0.3, 0.4) is 0 Å². The number of ether oxygens (including phenoxy) is 2. The van der Waals surface area contributed by atoms with Crippen molar-refractivity contribution in [3.8, 4) is 11.5 Å². The number of rotatable bonds is 2. The molecule has 1 saturated heterocycles. The van der Waals surface area contributed by atoms with E-state index in [9.17, 15) is 9.59 Å². The van der Waals surface area contributed by atoms with E-state index >= 15 is 0 Å². The van der Waals surface area contributed by atoms with Gasteiger partial charge in [-0.15, -0.1) is 0 Å². The standard InChI is InChI=1S/C17H14N2O4/c20-16-8-12(11-4-5-13-14(7-11)23-10-22-13)9-17(21)19(16)15-3-1-2-6-18-15/h1-7,12H,8-10H2. The monoisotopic (exact) mass is 310 g/mol.